The van der Waals surface area contributed by atoms with Gasteiger partial charge in [0.1, 0.15) is 12.2 Å². The topological polar surface area (TPSA) is 74.8 Å². The highest BCUT2D eigenvalue weighted by molar-refractivity contribution is 6.10. The molecule has 0 atom stereocenters. The van der Waals surface area contributed by atoms with Crippen molar-refractivity contribution < 1.29 is 18.0 Å². The van der Waals surface area contributed by atoms with Crippen molar-refractivity contribution >= 4 is 11.6 Å². The van der Waals surface area contributed by atoms with Crippen LogP contribution in [-0.2, 0) is 25.2 Å². The molecule has 5 rings (SSSR count). The van der Waals surface area contributed by atoms with Gasteiger partial charge in [-0.2, -0.15) is 18.4 Å². The van der Waals surface area contributed by atoms with E-state index in [9.17, 15) is 23.2 Å². The highest BCUT2D eigenvalue weighted by Crippen LogP contribution is 2.52. The van der Waals surface area contributed by atoms with Crippen molar-refractivity contribution in [1.29, 1.82) is 5.26 Å². The van der Waals surface area contributed by atoms with Crippen LogP contribution in [0.5, 0.6) is 0 Å². The number of halogens is 3. The number of amides is 1. The summed E-state index contributed by atoms with van der Waals surface area (Å²) in [6.07, 6.45) is -1.88. The van der Waals surface area contributed by atoms with Crippen LogP contribution in [0, 0.1) is 24.2 Å². The normalized spacial score (nSPS) is 22.1. The number of benzene rings is 2. The number of carbonyl (C=O) groups is 1. The van der Waals surface area contributed by atoms with Crippen LogP contribution in [0.25, 0.3) is 0 Å². The minimum absolute atomic E-state index is 0.0245. The smallest absolute Gasteiger partial charge is 0.320 e. The van der Waals surface area contributed by atoms with Crippen molar-refractivity contribution in [3.63, 3.8) is 0 Å². The number of aromatic nitrogens is 3. The highest BCUT2D eigenvalue weighted by atomic mass is 19.4. The quantitative estimate of drug-likeness (QED) is 0.593. The first kappa shape index (κ1) is 21.2. The van der Waals surface area contributed by atoms with Gasteiger partial charge in [0.15, 0.2) is 0 Å². The first-order chi connectivity index (χ1) is 15.6. The van der Waals surface area contributed by atoms with Crippen molar-refractivity contribution in [3.8, 4) is 6.07 Å². The summed E-state index contributed by atoms with van der Waals surface area (Å²) in [5.41, 5.74) is 0.0915. The second-order valence-electron chi connectivity index (χ2n) is 8.69. The molecule has 33 heavy (non-hydrogen) atoms. The largest absolute Gasteiger partial charge is 0.416 e. The van der Waals surface area contributed by atoms with Crippen molar-refractivity contribution in [3.05, 3.63) is 83.3 Å². The third-order valence-electron chi connectivity index (χ3n) is 6.63. The van der Waals surface area contributed by atoms with E-state index in [2.05, 4.69) is 23.2 Å². The number of hydrogen-bond donors (Lipinski definition) is 0. The predicted molar refractivity (Wildman–Crippen MR) is 113 cm³/mol. The van der Waals surface area contributed by atoms with Gasteiger partial charge >= 0.3 is 6.18 Å². The molecule has 1 aliphatic heterocycles. The number of anilines is 1. The molecule has 2 heterocycles. The molecule has 0 unspecified atom stereocenters. The maximum absolute atomic E-state index is 13.6. The van der Waals surface area contributed by atoms with Crippen LogP contribution in [0.15, 0.2) is 42.7 Å². The number of hydrogen-bond acceptors (Lipinski definition) is 4. The number of carbonyl (C=O) groups excluding carboxylic acids is 1. The monoisotopic (exact) mass is 450 g/mol. The molecule has 1 aliphatic carbocycles. The lowest BCUT2D eigenvalue weighted by Crippen LogP contribution is -2.44. The van der Waals surface area contributed by atoms with E-state index in [0.717, 1.165) is 11.6 Å². The van der Waals surface area contributed by atoms with Gasteiger partial charge in [-0.05, 0) is 60.7 Å². The summed E-state index contributed by atoms with van der Waals surface area (Å²) in [4.78, 5) is 14.5. The molecule has 3 aromatic rings. The maximum Gasteiger partial charge on any atom is 0.416 e. The molecule has 167 valence electrons. The van der Waals surface area contributed by atoms with E-state index < -0.39 is 23.1 Å². The maximum atomic E-state index is 13.6. The lowest BCUT2D eigenvalue weighted by molar-refractivity contribution is -0.138. The molecule has 0 bridgehead atoms. The van der Waals surface area contributed by atoms with Crippen molar-refractivity contribution in [1.82, 2.24) is 14.8 Å². The minimum Gasteiger partial charge on any atom is -0.320 e. The molecule has 1 amide bonds. The van der Waals surface area contributed by atoms with Crippen LogP contribution in [0.2, 0.25) is 0 Å². The second kappa shape index (κ2) is 7.17. The molecule has 2 aromatic carbocycles. The average molecular weight is 450 g/mol. The predicted octanol–water partition coefficient (Wildman–Crippen LogP) is 4.40. The van der Waals surface area contributed by atoms with E-state index in [1.807, 2.05) is 23.7 Å². The first-order valence-electron chi connectivity index (χ1n) is 10.4. The van der Waals surface area contributed by atoms with Crippen LogP contribution < -0.4 is 4.90 Å². The summed E-state index contributed by atoms with van der Waals surface area (Å²) in [6.45, 7) is 3.43. The number of aryl methyl sites for hydroxylation is 1. The molecular formula is C24H19F3N5O. The zero-order valence-electron chi connectivity index (χ0n) is 17.7. The van der Waals surface area contributed by atoms with Gasteiger partial charge in [0.2, 0.25) is 0 Å². The van der Waals surface area contributed by atoms with Crippen LogP contribution in [0.4, 0.5) is 18.9 Å². The fraction of sp³-hybridized carbons (Fsp3) is 0.292. The molecule has 1 radical (unpaired) electrons. The summed E-state index contributed by atoms with van der Waals surface area (Å²) in [5, 5.41) is 17.6. The summed E-state index contributed by atoms with van der Waals surface area (Å²) in [7, 11) is 1.83. The van der Waals surface area contributed by atoms with Gasteiger partial charge in [-0.15, -0.1) is 10.2 Å². The number of fused-ring (bicyclic) bond motifs is 1. The average Bonchev–Trinajstić information content (AvgIpc) is 3.31. The van der Waals surface area contributed by atoms with Crippen molar-refractivity contribution in [2.45, 2.75) is 31.0 Å². The SMILES string of the molecule is [CH2]c1cc2c(c(C(F)(F)F)c1)CN(c1cccc(C3(c4nncn4C)CC(C#N)C3)c1)C2=O. The fourth-order valence-electron chi connectivity index (χ4n) is 5.04. The summed E-state index contributed by atoms with van der Waals surface area (Å²) >= 11 is 0. The Morgan fingerprint density at radius 3 is 2.64 bits per heavy atom. The number of alkyl halides is 3. The van der Waals surface area contributed by atoms with Gasteiger partial charge in [-0.1, -0.05) is 12.1 Å². The molecule has 1 saturated carbocycles. The molecular weight excluding hydrogens is 431 g/mol. The van der Waals surface area contributed by atoms with Crippen LogP contribution in [0.3, 0.4) is 0 Å². The van der Waals surface area contributed by atoms with E-state index in [1.165, 1.54) is 11.0 Å². The Kier molecular flexibility index (Phi) is 4.60. The fourth-order valence-corrected chi connectivity index (χ4v) is 5.04. The highest BCUT2D eigenvalue weighted by Gasteiger charge is 2.50. The molecule has 0 saturated heterocycles. The zero-order valence-corrected chi connectivity index (χ0v) is 17.7. The minimum atomic E-state index is -4.58. The molecule has 6 nitrogen and oxygen atoms in total. The van der Waals surface area contributed by atoms with E-state index in [0.29, 0.717) is 24.4 Å². The summed E-state index contributed by atoms with van der Waals surface area (Å²) < 4.78 is 42.7. The lowest BCUT2D eigenvalue weighted by atomic mass is 9.58. The van der Waals surface area contributed by atoms with E-state index in [1.54, 1.807) is 18.5 Å². The van der Waals surface area contributed by atoms with Crippen LogP contribution in [0.1, 0.15) is 51.3 Å². The third-order valence-corrected chi connectivity index (χ3v) is 6.63. The number of rotatable bonds is 3. The Morgan fingerprint density at radius 2 is 2.00 bits per heavy atom. The van der Waals surface area contributed by atoms with Gasteiger partial charge in [-0.3, -0.25) is 4.79 Å². The first-order valence-corrected chi connectivity index (χ1v) is 10.4. The van der Waals surface area contributed by atoms with Crippen LogP contribution in [-0.4, -0.2) is 20.7 Å². The summed E-state index contributed by atoms with van der Waals surface area (Å²) in [5.74, 6) is 0.0884. The Hall–Kier alpha value is -3.67. The standard InChI is InChI=1S/C24H19F3N5O/c1-14-6-18-19(20(7-14)24(25,26)27)12-32(21(18)33)17-5-3-4-16(8-17)23(9-15(10-23)11-28)22-30-29-13-31(22)2/h3-8,13,15H,1,9-10,12H2,2H3. The molecule has 0 spiro atoms. The van der Waals surface area contributed by atoms with Crippen molar-refractivity contribution in [2.75, 3.05) is 4.90 Å². The van der Waals surface area contributed by atoms with E-state index in [4.69, 9.17) is 0 Å². The van der Waals surface area contributed by atoms with Gasteiger partial charge in [0, 0.05) is 24.2 Å². The zero-order chi connectivity index (χ0) is 23.5. The Morgan fingerprint density at radius 1 is 1.24 bits per heavy atom. The van der Waals surface area contributed by atoms with Gasteiger partial charge in [-0.25, -0.2) is 0 Å². The van der Waals surface area contributed by atoms with E-state index in [-0.39, 0.29) is 29.2 Å². The molecule has 1 aromatic heterocycles. The molecule has 0 N–H and O–H groups in total. The molecule has 1 fully saturated rings. The van der Waals surface area contributed by atoms with Crippen molar-refractivity contribution in [2.24, 2.45) is 13.0 Å². The lowest BCUT2D eigenvalue weighted by Gasteiger charge is -2.44. The Labute approximate surface area is 188 Å². The number of nitriles is 1. The molecule has 2 aliphatic rings. The van der Waals surface area contributed by atoms with Gasteiger partial charge < -0.3 is 9.47 Å². The third kappa shape index (κ3) is 3.20. The van der Waals surface area contributed by atoms with Gasteiger partial charge in [0.25, 0.3) is 5.91 Å². The molecule has 9 heteroatoms. The summed E-state index contributed by atoms with van der Waals surface area (Å²) in [6, 6.07) is 11.9. The van der Waals surface area contributed by atoms with Crippen LogP contribution >= 0.6 is 0 Å². The Bertz CT molecular complexity index is 1310. The number of nitrogens with zero attached hydrogens (tertiary/aromatic N) is 5. The van der Waals surface area contributed by atoms with E-state index >= 15 is 0 Å². The Balaban J connectivity index is 1.56. The second-order valence-corrected chi connectivity index (χ2v) is 8.69. The van der Waals surface area contributed by atoms with Gasteiger partial charge in [0.05, 0.1) is 23.6 Å².